The van der Waals surface area contributed by atoms with Gasteiger partial charge in [-0.05, 0) is 38.5 Å². The fourth-order valence-electron chi connectivity index (χ4n) is 2.53. The second-order valence-electron chi connectivity index (χ2n) is 5.02. The van der Waals surface area contributed by atoms with Gasteiger partial charge in [0.1, 0.15) is 0 Å². The molecule has 2 heterocycles. The number of hydrogen-bond donors (Lipinski definition) is 0. The number of carbonyl (C=O) groups is 1. The van der Waals surface area contributed by atoms with Crippen LogP contribution in [0.1, 0.15) is 28.7 Å². The van der Waals surface area contributed by atoms with E-state index in [0.717, 1.165) is 28.2 Å². The van der Waals surface area contributed by atoms with Crippen molar-refractivity contribution < 1.29 is 4.79 Å². The highest BCUT2D eigenvalue weighted by Crippen LogP contribution is 2.29. The summed E-state index contributed by atoms with van der Waals surface area (Å²) >= 11 is 6.07. The molecule has 2 aromatic heterocycles. The molecule has 0 aliphatic carbocycles. The second kappa shape index (κ2) is 4.97. The van der Waals surface area contributed by atoms with Crippen LogP contribution in [0, 0.1) is 13.8 Å². The quantitative estimate of drug-likeness (QED) is 0.675. The second-order valence-corrected chi connectivity index (χ2v) is 5.46. The van der Waals surface area contributed by atoms with Crippen molar-refractivity contribution in [3.05, 3.63) is 52.4 Å². The Morgan fingerprint density at radius 3 is 2.71 bits per heavy atom. The first-order chi connectivity index (χ1) is 9.99. The van der Waals surface area contributed by atoms with Gasteiger partial charge in [0.25, 0.3) is 0 Å². The first kappa shape index (κ1) is 13.8. The Kier molecular flexibility index (Phi) is 3.26. The predicted octanol–water partition coefficient (Wildman–Crippen LogP) is 3.87. The van der Waals surface area contributed by atoms with Crippen LogP contribution in [-0.2, 0) is 0 Å². The van der Waals surface area contributed by atoms with E-state index in [4.69, 9.17) is 11.6 Å². The summed E-state index contributed by atoms with van der Waals surface area (Å²) in [4.78, 5) is 16.0. The molecule has 0 saturated carbocycles. The van der Waals surface area contributed by atoms with E-state index >= 15 is 0 Å². The van der Waals surface area contributed by atoms with Gasteiger partial charge in [0.05, 0.1) is 17.0 Å². The Morgan fingerprint density at radius 1 is 1.29 bits per heavy atom. The number of benzene rings is 1. The maximum absolute atomic E-state index is 11.6. The first-order valence-electron chi connectivity index (χ1n) is 6.61. The summed E-state index contributed by atoms with van der Waals surface area (Å²) in [6, 6.07) is 7.60. The average Bonchev–Trinajstić information content (AvgIpc) is 2.76. The molecule has 1 aromatic carbocycles. The van der Waals surface area contributed by atoms with Crippen LogP contribution in [0.5, 0.6) is 0 Å². The van der Waals surface area contributed by atoms with Crippen molar-refractivity contribution >= 4 is 23.0 Å². The number of aromatic nitrogens is 3. The summed E-state index contributed by atoms with van der Waals surface area (Å²) in [5.74, 6) is -0.0145. The summed E-state index contributed by atoms with van der Waals surface area (Å²) in [6.45, 7) is 5.33. The largest absolute Gasteiger partial charge is 0.294 e. The average molecular weight is 300 g/mol. The number of aryl methyl sites for hydroxylation is 2. The summed E-state index contributed by atoms with van der Waals surface area (Å²) in [6.07, 6.45) is 1.61. The summed E-state index contributed by atoms with van der Waals surface area (Å²) < 4.78 is 1.72. The molecule has 0 radical (unpaired) electrons. The van der Waals surface area contributed by atoms with Crippen molar-refractivity contribution in [2.75, 3.05) is 0 Å². The number of carbonyl (C=O) groups excluding carboxylic acids is 1. The minimum Gasteiger partial charge on any atom is -0.294 e. The molecule has 0 N–H and O–H groups in total. The van der Waals surface area contributed by atoms with Crippen LogP contribution in [0.3, 0.4) is 0 Å². The maximum Gasteiger partial charge on any atom is 0.163 e. The smallest absolute Gasteiger partial charge is 0.163 e. The lowest BCUT2D eigenvalue weighted by Gasteiger charge is -2.05. The molecule has 0 aliphatic heterocycles. The molecule has 0 amide bonds. The van der Waals surface area contributed by atoms with E-state index in [1.54, 1.807) is 10.7 Å². The maximum atomic E-state index is 11.6. The third-order valence-corrected chi connectivity index (χ3v) is 3.79. The van der Waals surface area contributed by atoms with Gasteiger partial charge in [-0.1, -0.05) is 23.7 Å². The molecule has 5 heteroatoms. The minimum absolute atomic E-state index is 0.0145. The first-order valence-corrected chi connectivity index (χ1v) is 6.98. The normalized spacial score (nSPS) is 11.0. The van der Waals surface area contributed by atoms with Gasteiger partial charge in [0.15, 0.2) is 11.4 Å². The monoisotopic (exact) mass is 299 g/mol. The zero-order chi connectivity index (χ0) is 15.1. The van der Waals surface area contributed by atoms with E-state index in [1.807, 2.05) is 38.1 Å². The number of halogens is 1. The molecule has 0 atom stereocenters. The van der Waals surface area contributed by atoms with E-state index < -0.39 is 0 Å². The Balaban J connectivity index is 2.33. The van der Waals surface area contributed by atoms with Crippen molar-refractivity contribution in [2.24, 2.45) is 0 Å². The lowest BCUT2D eigenvalue weighted by molar-refractivity contribution is 0.101. The minimum atomic E-state index is -0.0145. The number of rotatable bonds is 2. The number of hydrogen-bond acceptors (Lipinski definition) is 3. The molecule has 0 fully saturated rings. The van der Waals surface area contributed by atoms with E-state index in [1.165, 1.54) is 6.92 Å². The molecular weight excluding hydrogens is 286 g/mol. The van der Waals surface area contributed by atoms with Gasteiger partial charge in [-0.3, -0.25) is 4.79 Å². The molecule has 0 unspecified atom stereocenters. The number of ketones is 1. The SMILES string of the molecule is CC(=O)c1cnc2c(-c3cccc(Cl)c3)c(C)nn2c1C. The third kappa shape index (κ3) is 2.21. The number of fused-ring (bicyclic) bond motifs is 1. The van der Waals surface area contributed by atoms with E-state index in [9.17, 15) is 4.79 Å². The Morgan fingerprint density at radius 2 is 2.05 bits per heavy atom. The molecule has 106 valence electrons. The third-order valence-electron chi connectivity index (χ3n) is 3.55. The highest BCUT2D eigenvalue weighted by molar-refractivity contribution is 6.30. The van der Waals surface area contributed by atoms with Gasteiger partial charge in [-0.25, -0.2) is 9.50 Å². The van der Waals surface area contributed by atoms with Gasteiger partial charge in [0, 0.05) is 16.8 Å². The van der Waals surface area contributed by atoms with Crippen LogP contribution in [0.4, 0.5) is 0 Å². The highest BCUT2D eigenvalue weighted by Gasteiger charge is 2.17. The lowest BCUT2D eigenvalue weighted by atomic mass is 10.1. The fraction of sp³-hybridized carbons (Fsp3) is 0.188. The molecule has 0 bridgehead atoms. The van der Waals surface area contributed by atoms with Crippen LogP contribution in [0.15, 0.2) is 30.5 Å². The van der Waals surface area contributed by atoms with Crippen molar-refractivity contribution in [1.29, 1.82) is 0 Å². The molecule has 0 saturated heterocycles. The molecule has 4 nitrogen and oxygen atoms in total. The van der Waals surface area contributed by atoms with Gasteiger partial charge in [0.2, 0.25) is 0 Å². The van der Waals surface area contributed by atoms with Crippen molar-refractivity contribution in [3.63, 3.8) is 0 Å². The van der Waals surface area contributed by atoms with Crippen LogP contribution >= 0.6 is 11.6 Å². The molecule has 3 aromatic rings. The Hall–Kier alpha value is -2.20. The number of Topliss-reactive ketones (excluding diaryl/α,β-unsaturated/α-hetero) is 1. The molecule has 21 heavy (non-hydrogen) atoms. The van der Waals surface area contributed by atoms with Crippen molar-refractivity contribution in [2.45, 2.75) is 20.8 Å². The Labute approximate surface area is 127 Å². The van der Waals surface area contributed by atoms with Gasteiger partial charge in [-0.2, -0.15) is 5.10 Å². The van der Waals surface area contributed by atoms with Crippen molar-refractivity contribution in [3.8, 4) is 11.1 Å². The van der Waals surface area contributed by atoms with Crippen LogP contribution < -0.4 is 0 Å². The summed E-state index contributed by atoms with van der Waals surface area (Å²) in [7, 11) is 0. The Bertz CT molecular complexity index is 867. The molecule has 0 aliphatic rings. The zero-order valence-corrected chi connectivity index (χ0v) is 12.8. The summed E-state index contributed by atoms with van der Waals surface area (Å²) in [5, 5.41) is 5.19. The van der Waals surface area contributed by atoms with Crippen LogP contribution in [0.25, 0.3) is 16.8 Å². The molecule has 0 spiro atoms. The van der Waals surface area contributed by atoms with Crippen molar-refractivity contribution in [1.82, 2.24) is 14.6 Å². The van der Waals surface area contributed by atoms with Crippen LogP contribution in [0.2, 0.25) is 5.02 Å². The van der Waals surface area contributed by atoms with E-state index in [-0.39, 0.29) is 5.78 Å². The standard InChI is InChI=1S/C16H14ClN3O/c1-9-15(12-5-4-6-13(17)7-12)16-18-8-14(11(3)21)10(2)20(16)19-9/h4-8H,1-3H3. The fourth-order valence-corrected chi connectivity index (χ4v) is 2.72. The van der Waals surface area contributed by atoms with Gasteiger partial charge in [-0.15, -0.1) is 0 Å². The summed E-state index contributed by atoms with van der Waals surface area (Å²) in [5.41, 5.74) is 4.88. The lowest BCUT2D eigenvalue weighted by Crippen LogP contribution is -2.05. The zero-order valence-electron chi connectivity index (χ0n) is 12.0. The van der Waals surface area contributed by atoms with Gasteiger partial charge < -0.3 is 0 Å². The molecular formula is C16H14ClN3O. The molecule has 3 rings (SSSR count). The van der Waals surface area contributed by atoms with E-state index in [2.05, 4.69) is 10.1 Å². The highest BCUT2D eigenvalue weighted by atomic mass is 35.5. The predicted molar refractivity (Wildman–Crippen MR) is 82.9 cm³/mol. The topological polar surface area (TPSA) is 47.3 Å². The number of nitrogens with zero attached hydrogens (tertiary/aromatic N) is 3. The van der Waals surface area contributed by atoms with Gasteiger partial charge >= 0.3 is 0 Å². The van der Waals surface area contributed by atoms with E-state index in [0.29, 0.717) is 10.6 Å². The van der Waals surface area contributed by atoms with Crippen LogP contribution in [-0.4, -0.2) is 20.4 Å².